The van der Waals surface area contributed by atoms with Gasteiger partial charge in [0.1, 0.15) is 12.2 Å². The maximum Gasteiger partial charge on any atom is 0.303 e. The normalized spacial score (nSPS) is 40.1. The Morgan fingerprint density at radius 2 is 1.81 bits per heavy atom. The highest BCUT2D eigenvalue weighted by Gasteiger charge is 2.65. The Hall–Kier alpha value is -1.69. The summed E-state index contributed by atoms with van der Waals surface area (Å²) in [5, 5.41) is 10.2. The molecular formula is C31H48O6. The predicted molar refractivity (Wildman–Crippen MR) is 141 cm³/mol. The molecule has 1 N–H and O–H groups in total. The molecular weight excluding hydrogens is 468 g/mol. The highest BCUT2D eigenvalue weighted by Crippen LogP contribution is 2.67. The second-order valence-corrected chi connectivity index (χ2v) is 13.8. The van der Waals surface area contributed by atoms with Gasteiger partial charge in [0, 0.05) is 37.2 Å². The van der Waals surface area contributed by atoms with Crippen LogP contribution in [0.1, 0.15) is 106 Å². The molecule has 4 aliphatic rings. The zero-order valence-corrected chi connectivity index (χ0v) is 24.0. The van der Waals surface area contributed by atoms with Crippen molar-refractivity contribution in [2.24, 2.45) is 40.4 Å². The fourth-order valence-corrected chi connectivity index (χ4v) is 9.28. The number of Topliss-reactive ketones (excluding diaryl/α,β-unsaturated/α-hetero) is 1. The fraction of sp³-hybridized carbons (Fsp3) is 0.839. The van der Waals surface area contributed by atoms with Crippen molar-refractivity contribution in [1.29, 1.82) is 0 Å². The molecule has 6 heteroatoms. The van der Waals surface area contributed by atoms with E-state index >= 15 is 0 Å². The second-order valence-electron chi connectivity index (χ2n) is 13.8. The van der Waals surface area contributed by atoms with Crippen molar-refractivity contribution in [3.8, 4) is 0 Å². The van der Waals surface area contributed by atoms with Crippen molar-refractivity contribution in [3.63, 3.8) is 0 Å². The van der Waals surface area contributed by atoms with E-state index in [1.54, 1.807) is 0 Å². The van der Waals surface area contributed by atoms with E-state index in [-0.39, 0.29) is 52.6 Å². The highest BCUT2D eigenvalue weighted by molar-refractivity contribution is 5.98. The number of rotatable bonds is 7. The maximum absolute atomic E-state index is 13.7. The largest absolute Gasteiger partial charge is 0.462 e. The smallest absolute Gasteiger partial charge is 0.303 e. The van der Waals surface area contributed by atoms with Gasteiger partial charge in [-0.2, -0.15) is 0 Å². The van der Waals surface area contributed by atoms with Crippen molar-refractivity contribution in [2.75, 3.05) is 0 Å². The summed E-state index contributed by atoms with van der Waals surface area (Å²) in [6, 6.07) is 0. The molecule has 0 aromatic carbocycles. The lowest BCUT2D eigenvalue weighted by Crippen LogP contribution is -2.59. The topological polar surface area (TPSA) is 89.9 Å². The zero-order chi connectivity index (χ0) is 27.3. The molecule has 4 rings (SSSR count). The summed E-state index contributed by atoms with van der Waals surface area (Å²) in [5.41, 5.74) is -0.226. The van der Waals surface area contributed by atoms with Crippen LogP contribution in [-0.4, -0.2) is 40.6 Å². The van der Waals surface area contributed by atoms with E-state index in [0.29, 0.717) is 30.6 Å². The first-order chi connectivity index (χ1) is 17.2. The van der Waals surface area contributed by atoms with Crippen LogP contribution in [0.25, 0.3) is 0 Å². The molecule has 0 heterocycles. The van der Waals surface area contributed by atoms with Gasteiger partial charge < -0.3 is 14.6 Å². The van der Waals surface area contributed by atoms with Crippen LogP contribution in [0.3, 0.4) is 0 Å². The van der Waals surface area contributed by atoms with Gasteiger partial charge in [-0.25, -0.2) is 0 Å². The summed E-state index contributed by atoms with van der Waals surface area (Å²) in [6.07, 6.45) is 9.19. The van der Waals surface area contributed by atoms with Gasteiger partial charge in [0.05, 0.1) is 5.60 Å². The standard InChI is InChI=1S/C31H48O6/c1-18(9-8-13-29(4,5)35)23-10-11-24-22-16-26(34)25-15-21(36-19(2)32)12-14-30(25,6)28(22)27(37-20(3)33)17-31(23,24)7/h15,18,21-24,27-28,35H,8-14,16-17H2,1-7H3. The van der Waals surface area contributed by atoms with E-state index < -0.39 is 5.60 Å². The Morgan fingerprint density at radius 3 is 2.43 bits per heavy atom. The van der Waals surface area contributed by atoms with Crippen LogP contribution in [0.4, 0.5) is 0 Å². The third kappa shape index (κ3) is 5.42. The van der Waals surface area contributed by atoms with Crippen molar-refractivity contribution >= 4 is 17.7 Å². The van der Waals surface area contributed by atoms with Crippen LogP contribution in [0.2, 0.25) is 0 Å². The van der Waals surface area contributed by atoms with Gasteiger partial charge in [0.15, 0.2) is 5.78 Å². The van der Waals surface area contributed by atoms with E-state index in [4.69, 9.17) is 9.47 Å². The number of ketones is 1. The first kappa shape index (κ1) is 28.3. The molecule has 0 amide bonds. The molecule has 3 fully saturated rings. The van der Waals surface area contributed by atoms with Gasteiger partial charge in [0.2, 0.25) is 0 Å². The van der Waals surface area contributed by atoms with Crippen molar-refractivity contribution < 1.29 is 29.0 Å². The molecule has 4 aliphatic carbocycles. The molecule has 3 saturated carbocycles. The molecule has 0 radical (unpaired) electrons. The third-order valence-electron chi connectivity index (χ3n) is 10.6. The molecule has 6 nitrogen and oxygen atoms in total. The lowest BCUT2D eigenvalue weighted by Gasteiger charge is -2.60. The minimum Gasteiger partial charge on any atom is -0.462 e. The van der Waals surface area contributed by atoms with Gasteiger partial charge in [-0.3, -0.25) is 14.4 Å². The molecule has 0 spiro atoms. The SMILES string of the molecule is CC(=O)OC1C=C2C(=O)CC3C(C(OC(C)=O)CC4(C)C(C(C)CCCC(C)(C)O)CCC34)C2(C)CC1. The number of hydrogen-bond donors (Lipinski definition) is 1. The van der Waals surface area contributed by atoms with Crippen LogP contribution >= 0.6 is 0 Å². The predicted octanol–water partition coefficient (Wildman–Crippen LogP) is 5.80. The Bertz CT molecular complexity index is 946. The summed E-state index contributed by atoms with van der Waals surface area (Å²) in [6.45, 7) is 13.6. The van der Waals surface area contributed by atoms with E-state index in [9.17, 15) is 19.5 Å². The molecule has 0 bridgehead atoms. The summed E-state index contributed by atoms with van der Waals surface area (Å²) in [5.74, 6) is 1.34. The number of esters is 2. The molecule has 0 aliphatic heterocycles. The van der Waals surface area contributed by atoms with Crippen LogP contribution < -0.4 is 0 Å². The van der Waals surface area contributed by atoms with Crippen molar-refractivity contribution in [3.05, 3.63) is 11.6 Å². The summed E-state index contributed by atoms with van der Waals surface area (Å²) < 4.78 is 11.6. The molecule has 0 saturated heterocycles. The van der Waals surface area contributed by atoms with Crippen LogP contribution in [0, 0.1) is 40.4 Å². The Morgan fingerprint density at radius 1 is 1.14 bits per heavy atom. The van der Waals surface area contributed by atoms with E-state index in [0.717, 1.165) is 50.5 Å². The number of hydrogen-bond acceptors (Lipinski definition) is 6. The summed E-state index contributed by atoms with van der Waals surface area (Å²) >= 11 is 0. The molecule has 9 unspecified atom stereocenters. The Balaban J connectivity index is 1.63. The van der Waals surface area contributed by atoms with E-state index in [1.165, 1.54) is 13.8 Å². The fourth-order valence-electron chi connectivity index (χ4n) is 9.28. The Labute approximate surface area is 222 Å². The van der Waals surface area contributed by atoms with Gasteiger partial charge in [-0.15, -0.1) is 0 Å². The number of carbonyl (C=O) groups excluding carboxylic acids is 3. The average Bonchev–Trinajstić information content (AvgIpc) is 3.09. The number of aliphatic hydroxyl groups is 1. The molecule has 37 heavy (non-hydrogen) atoms. The van der Waals surface area contributed by atoms with Crippen LogP contribution in [0.15, 0.2) is 11.6 Å². The van der Waals surface area contributed by atoms with Gasteiger partial charge >= 0.3 is 11.9 Å². The second kappa shape index (κ2) is 10.1. The zero-order valence-electron chi connectivity index (χ0n) is 24.0. The van der Waals surface area contributed by atoms with Crippen LogP contribution in [-0.2, 0) is 23.9 Å². The van der Waals surface area contributed by atoms with Gasteiger partial charge in [-0.05, 0) is 87.5 Å². The monoisotopic (exact) mass is 516 g/mol. The summed E-state index contributed by atoms with van der Waals surface area (Å²) in [4.78, 5) is 37.6. The lowest BCUT2D eigenvalue weighted by atomic mass is 9.45. The Kier molecular flexibility index (Phi) is 7.75. The first-order valence-electron chi connectivity index (χ1n) is 14.5. The molecule has 0 aromatic rings. The number of allylic oxidation sites excluding steroid dienone is 1. The van der Waals surface area contributed by atoms with Crippen molar-refractivity contribution in [2.45, 2.75) is 124 Å². The molecule has 208 valence electrons. The highest BCUT2D eigenvalue weighted by atomic mass is 16.5. The lowest BCUT2D eigenvalue weighted by molar-refractivity contribution is -0.178. The average molecular weight is 517 g/mol. The molecule has 0 aromatic heterocycles. The summed E-state index contributed by atoms with van der Waals surface area (Å²) in [7, 11) is 0. The van der Waals surface area contributed by atoms with Crippen molar-refractivity contribution in [1.82, 2.24) is 0 Å². The van der Waals surface area contributed by atoms with Crippen LogP contribution in [0.5, 0.6) is 0 Å². The molecule has 9 atom stereocenters. The minimum absolute atomic E-state index is 0.0161. The maximum atomic E-state index is 13.7. The minimum atomic E-state index is -0.641. The first-order valence-corrected chi connectivity index (χ1v) is 14.5. The number of carbonyl (C=O) groups is 3. The number of ether oxygens (including phenoxy) is 2. The van der Waals surface area contributed by atoms with Gasteiger partial charge in [-0.1, -0.05) is 33.6 Å². The third-order valence-corrected chi connectivity index (χ3v) is 10.6. The van der Waals surface area contributed by atoms with E-state index in [2.05, 4.69) is 20.8 Å². The van der Waals surface area contributed by atoms with Gasteiger partial charge in [0.25, 0.3) is 0 Å². The van der Waals surface area contributed by atoms with E-state index in [1.807, 2.05) is 19.9 Å². The quantitative estimate of drug-likeness (QED) is 0.431. The number of fused-ring (bicyclic) bond motifs is 5.